The van der Waals surface area contributed by atoms with Crippen molar-refractivity contribution in [1.82, 2.24) is 4.98 Å². The van der Waals surface area contributed by atoms with E-state index >= 15 is 0 Å². The fourth-order valence-corrected chi connectivity index (χ4v) is 1.90. The number of pyridine rings is 1. The number of nitrogens with one attached hydrogen (secondary N) is 1. The lowest BCUT2D eigenvalue weighted by atomic mass is 10.1. The van der Waals surface area contributed by atoms with E-state index in [4.69, 9.17) is 0 Å². The molecule has 9 heteroatoms. The van der Waals surface area contributed by atoms with Crippen LogP contribution in [0.4, 0.5) is 24.5 Å². The van der Waals surface area contributed by atoms with E-state index in [2.05, 4.69) is 10.3 Å². The van der Waals surface area contributed by atoms with E-state index < -0.39 is 33.8 Å². The quantitative estimate of drug-likeness (QED) is 0.682. The second-order valence-electron chi connectivity index (χ2n) is 4.15. The summed E-state index contributed by atoms with van der Waals surface area (Å²) in [5.41, 5.74) is -2.82. The second-order valence-corrected chi connectivity index (χ2v) is 4.15. The fourth-order valence-electron chi connectivity index (χ4n) is 1.90. The van der Waals surface area contributed by atoms with Crippen LogP contribution in [0.25, 0.3) is 10.9 Å². The van der Waals surface area contributed by atoms with E-state index in [1.54, 1.807) is 0 Å². The molecule has 0 atom stereocenters. The Kier molecular flexibility index (Phi) is 3.50. The smallest absolute Gasteiger partial charge is 0.320 e. The van der Waals surface area contributed by atoms with Gasteiger partial charge in [-0.3, -0.25) is 19.9 Å². The number of amides is 1. The van der Waals surface area contributed by atoms with Gasteiger partial charge in [0.25, 0.3) is 5.69 Å². The highest BCUT2D eigenvalue weighted by Crippen LogP contribution is 2.41. The normalized spacial score (nSPS) is 11.4. The standard InChI is InChI=1S/C12H8F3N3O3/c1-6(19)17-11-7-3-2-4-16-10(7)8(12(13,14)15)5-9(11)18(20)21/h2-5H,1H3,(H,17,19). The first-order valence-corrected chi connectivity index (χ1v) is 5.62. The summed E-state index contributed by atoms with van der Waals surface area (Å²) in [5, 5.41) is 13.0. The van der Waals surface area contributed by atoms with Gasteiger partial charge in [-0.2, -0.15) is 13.2 Å². The Bertz CT molecular complexity index is 744. The Morgan fingerprint density at radius 3 is 2.62 bits per heavy atom. The summed E-state index contributed by atoms with van der Waals surface area (Å²) >= 11 is 0. The zero-order valence-electron chi connectivity index (χ0n) is 10.6. The molecule has 1 N–H and O–H groups in total. The molecule has 110 valence electrons. The van der Waals surface area contributed by atoms with Crippen molar-refractivity contribution in [2.24, 2.45) is 0 Å². The Balaban J connectivity index is 2.91. The maximum Gasteiger partial charge on any atom is 0.418 e. The summed E-state index contributed by atoms with van der Waals surface area (Å²) in [5.74, 6) is -0.636. The van der Waals surface area contributed by atoms with Gasteiger partial charge in [0, 0.05) is 24.6 Å². The molecule has 0 aliphatic carbocycles. The number of carbonyl (C=O) groups excluding carboxylic acids is 1. The van der Waals surface area contributed by atoms with Gasteiger partial charge in [-0.15, -0.1) is 0 Å². The number of nitrogens with zero attached hydrogens (tertiary/aromatic N) is 2. The molecule has 6 nitrogen and oxygen atoms in total. The zero-order chi connectivity index (χ0) is 15.8. The molecule has 1 amide bonds. The van der Waals surface area contributed by atoms with E-state index in [1.807, 2.05) is 0 Å². The molecule has 1 heterocycles. The monoisotopic (exact) mass is 299 g/mol. The van der Waals surface area contributed by atoms with Crippen LogP contribution in [0.1, 0.15) is 12.5 Å². The highest BCUT2D eigenvalue weighted by atomic mass is 19.4. The SMILES string of the molecule is CC(=O)Nc1c([N+](=O)[O-])cc(C(F)(F)F)c2ncccc12. The Labute approximate surface area is 115 Å². The molecule has 0 fully saturated rings. The summed E-state index contributed by atoms with van der Waals surface area (Å²) in [4.78, 5) is 24.8. The van der Waals surface area contributed by atoms with Crippen LogP contribution in [0, 0.1) is 10.1 Å². The summed E-state index contributed by atoms with van der Waals surface area (Å²) in [6.07, 6.45) is -3.66. The van der Waals surface area contributed by atoms with E-state index in [0.717, 1.165) is 13.1 Å². The van der Waals surface area contributed by atoms with Gasteiger partial charge in [0.1, 0.15) is 5.69 Å². The molecule has 0 aliphatic heterocycles. The van der Waals surface area contributed by atoms with E-state index in [9.17, 15) is 28.1 Å². The number of hydrogen-bond donors (Lipinski definition) is 1. The molecule has 0 radical (unpaired) electrons. The zero-order valence-corrected chi connectivity index (χ0v) is 10.6. The molecule has 0 unspecified atom stereocenters. The molecule has 0 spiro atoms. The van der Waals surface area contributed by atoms with Crippen LogP contribution in [0.5, 0.6) is 0 Å². The van der Waals surface area contributed by atoms with Gasteiger partial charge in [0.05, 0.1) is 16.0 Å². The molecule has 0 saturated carbocycles. The predicted octanol–water partition coefficient (Wildman–Crippen LogP) is 3.12. The molecule has 0 bridgehead atoms. The van der Waals surface area contributed by atoms with Gasteiger partial charge in [-0.25, -0.2) is 0 Å². The maximum atomic E-state index is 13.0. The molecular weight excluding hydrogens is 291 g/mol. The minimum absolute atomic E-state index is 0.144. The maximum absolute atomic E-state index is 13.0. The van der Waals surface area contributed by atoms with Gasteiger partial charge in [-0.1, -0.05) is 0 Å². The van der Waals surface area contributed by atoms with Crippen molar-refractivity contribution in [3.05, 3.63) is 40.1 Å². The first kappa shape index (κ1) is 14.7. The van der Waals surface area contributed by atoms with Crippen molar-refractivity contribution in [3.8, 4) is 0 Å². The van der Waals surface area contributed by atoms with Gasteiger partial charge >= 0.3 is 6.18 Å². The molecule has 0 aliphatic rings. The van der Waals surface area contributed by atoms with Crippen molar-refractivity contribution >= 4 is 28.2 Å². The summed E-state index contributed by atoms with van der Waals surface area (Å²) in [6.45, 7) is 1.10. The highest BCUT2D eigenvalue weighted by Gasteiger charge is 2.37. The molecule has 0 saturated heterocycles. The number of fused-ring (bicyclic) bond motifs is 1. The second kappa shape index (κ2) is 5.00. The lowest BCUT2D eigenvalue weighted by Gasteiger charge is -2.13. The lowest BCUT2D eigenvalue weighted by molar-refractivity contribution is -0.384. The Hall–Kier alpha value is -2.71. The number of carbonyl (C=O) groups is 1. The summed E-state index contributed by atoms with van der Waals surface area (Å²) in [7, 11) is 0. The average molecular weight is 299 g/mol. The first-order valence-electron chi connectivity index (χ1n) is 5.62. The number of hydrogen-bond acceptors (Lipinski definition) is 4. The van der Waals surface area contributed by atoms with Crippen LogP contribution in [0.15, 0.2) is 24.4 Å². The Morgan fingerprint density at radius 1 is 1.43 bits per heavy atom. The van der Waals surface area contributed by atoms with Crippen LogP contribution in [0.3, 0.4) is 0 Å². The topological polar surface area (TPSA) is 85.1 Å². The van der Waals surface area contributed by atoms with Gasteiger partial charge in [-0.05, 0) is 12.1 Å². The van der Waals surface area contributed by atoms with E-state index in [0.29, 0.717) is 6.07 Å². The number of aromatic nitrogens is 1. The lowest BCUT2D eigenvalue weighted by Crippen LogP contribution is -2.12. The van der Waals surface area contributed by atoms with Crippen molar-refractivity contribution in [3.63, 3.8) is 0 Å². The third kappa shape index (κ3) is 2.76. The minimum Gasteiger partial charge on any atom is -0.320 e. The van der Waals surface area contributed by atoms with E-state index in [-0.39, 0.29) is 11.1 Å². The van der Waals surface area contributed by atoms with Crippen molar-refractivity contribution in [1.29, 1.82) is 0 Å². The van der Waals surface area contributed by atoms with Gasteiger partial charge < -0.3 is 5.32 Å². The molecule has 1 aromatic heterocycles. The van der Waals surface area contributed by atoms with Crippen molar-refractivity contribution in [2.75, 3.05) is 5.32 Å². The van der Waals surface area contributed by atoms with Crippen molar-refractivity contribution in [2.45, 2.75) is 13.1 Å². The number of alkyl halides is 3. The average Bonchev–Trinajstić information content (AvgIpc) is 2.36. The molecule has 2 rings (SSSR count). The van der Waals surface area contributed by atoms with Gasteiger partial charge in [0.2, 0.25) is 5.91 Å². The number of benzene rings is 1. The number of halogens is 3. The minimum atomic E-state index is -4.80. The van der Waals surface area contributed by atoms with Crippen LogP contribution in [-0.2, 0) is 11.0 Å². The number of nitro groups is 1. The first-order chi connectivity index (χ1) is 9.71. The van der Waals surface area contributed by atoms with Crippen LogP contribution in [0.2, 0.25) is 0 Å². The third-order valence-corrected chi connectivity index (χ3v) is 2.67. The van der Waals surface area contributed by atoms with Crippen molar-refractivity contribution < 1.29 is 22.9 Å². The molecule has 21 heavy (non-hydrogen) atoms. The fraction of sp³-hybridized carbons (Fsp3) is 0.167. The number of anilines is 1. The molecule has 1 aromatic carbocycles. The highest BCUT2D eigenvalue weighted by molar-refractivity contribution is 6.05. The summed E-state index contributed by atoms with van der Waals surface area (Å²) < 4.78 is 39.0. The third-order valence-electron chi connectivity index (χ3n) is 2.67. The predicted molar refractivity (Wildman–Crippen MR) is 67.7 cm³/mol. The Morgan fingerprint density at radius 2 is 2.10 bits per heavy atom. The van der Waals surface area contributed by atoms with Crippen LogP contribution < -0.4 is 5.32 Å². The van der Waals surface area contributed by atoms with Gasteiger partial charge in [0.15, 0.2) is 0 Å². The largest absolute Gasteiger partial charge is 0.418 e. The number of rotatable bonds is 2. The summed E-state index contributed by atoms with van der Waals surface area (Å²) in [6, 6.07) is 2.94. The molecular formula is C12H8F3N3O3. The number of nitro benzene ring substituents is 1. The van der Waals surface area contributed by atoms with E-state index in [1.165, 1.54) is 12.1 Å². The van der Waals surface area contributed by atoms with Crippen LogP contribution >= 0.6 is 0 Å². The molecule has 2 aromatic rings. The van der Waals surface area contributed by atoms with Crippen LogP contribution in [-0.4, -0.2) is 15.8 Å².